The van der Waals surface area contributed by atoms with Crippen LogP contribution in [0.4, 0.5) is 0 Å². The number of rotatable bonds is 5. The van der Waals surface area contributed by atoms with Crippen molar-refractivity contribution in [2.75, 3.05) is 19.6 Å². The number of carbonyl (C=O) groups excluding carboxylic acids is 1. The van der Waals surface area contributed by atoms with Crippen LogP contribution in [0.5, 0.6) is 0 Å². The molecule has 1 heterocycles. The number of aryl methyl sites for hydroxylation is 1. The van der Waals surface area contributed by atoms with Gasteiger partial charge in [-0.1, -0.05) is 35.9 Å². The summed E-state index contributed by atoms with van der Waals surface area (Å²) in [5.74, 6) is -0.419. The summed E-state index contributed by atoms with van der Waals surface area (Å²) in [6.07, 6.45) is 5.63. The Morgan fingerprint density at radius 3 is 2.60 bits per heavy atom. The molecule has 4 heteroatoms. The third-order valence-corrected chi connectivity index (χ3v) is 3.73. The number of nitrogens with one attached hydrogen (secondary N) is 1. The Bertz CT molecular complexity index is 447. The Labute approximate surface area is 120 Å². The molecular weight excluding hydrogens is 252 g/mol. The fraction of sp³-hybridized carbons (Fsp3) is 0.438. The van der Waals surface area contributed by atoms with Crippen LogP contribution < -0.4 is 5.48 Å². The van der Waals surface area contributed by atoms with Gasteiger partial charge in [-0.2, -0.15) is 0 Å². The zero-order chi connectivity index (χ0) is 14.2. The van der Waals surface area contributed by atoms with Gasteiger partial charge in [-0.25, -0.2) is 5.48 Å². The molecule has 0 radical (unpaired) electrons. The van der Waals surface area contributed by atoms with Gasteiger partial charge in [-0.15, -0.1) is 0 Å². The molecule has 20 heavy (non-hydrogen) atoms. The monoisotopic (exact) mass is 274 g/mol. The molecule has 1 aliphatic rings. The van der Waals surface area contributed by atoms with Gasteiger partial charge in [0.1, 0.15) is 0 Å². The van der Waals surface area contributed by atoms with Crippen LogP contribution in [0.3, 0.4) is 0 Å². The van der Waals surface area contributed by atoms with E-state index in [-0.39, 0.29) is 0 Å². The van der Waals surface area contributed by atoms with E-state index in [0.717, 1.165) is 44.5 Å². The van der Waals surface area contributed by atoms with Crippen molar-refractivity contribution in [3.8, 4) is 0 Å². The molecule has 1 aliphatic heterocycles. The summed E-state index contributed by atoms with van der Waals surface area (Å²) in [6.45, 7) is 3.10. The first-order valence-electron chi connectivity index (χ1n) is 7.18. The summed E-state index contributed by atoms with van der Waals surface area (Å²) < 4.78 is 0. The van der Waals surface area contributed by atoms with E-state index < -0.39 is 5.91 Å². The lowest BCUT2D eigenvalue weighted by Gasteiger charge is -2.28. The number of piperidine rings is 1. The average Bonchev–Trinajstić information content (AvgIpc) is 2.50. The van der Waals surface area contributed by atoms with Crippen LogP contribution in [-0.2, 0) is 11.2 Å². The molecular formula is C16H22N2O2. The third kappa shape index (κ3) is 4.79. The lowest BCUT2D eigenvalue weighted by molar-refractivity contribution is -0.124. The molecule has 0 aliphatic carbocycles. The second-order valence-electron chi connectivity index (χ2n) is 5.21. The molecule has 1 aromatic carbocycles. The molecule has 0 saturated carbocycles. The fourth-order valence-corrected chi connectivity index (χ4v) is 2.58. The molecule has 0 unspecified atom stereocenters. The maximum atomic E-state index is 11.0. The van der Waals surface area contributed by atoms with E-state index in [2.05, 4.69) is 29.2 Å². The minimum Gasteiger partial charge on any atom is -0.303 e. The third-order valence-electron chi connectivity index (χ3n) is 3.73. The lowest BCUT2D eigenvalue weighted by Crippen LogP contribution is -2.32. The van der Waals surface area contributed by atoms with Crippen LogP contribution >= 0.6 is 0 Å². The number of carbonyl (C=O) groups is 1. The first kappa shape index (κ1) is 14.8. The molecule has 0 aromatic heterocycles. The Kier molecular flexibility index (Phi) is 5.77. The van der Waals surface area contributed by atoms with E-state index in [1.807, 2.05) is 6.07 Å². The molecule has 1 fully saturated rings. The Hall–Kier alpha value is -1.65. The van der Waals surface area contributed by atoms with Crippen molar-refractivity contribution in [2.24, 2.45) is 0 Å². The maximum absolute atomic E-state index is 11.0. The minimum absolute atomic E-state index is 0.419. The van der Waals surface area contributed by atoms with Gasteiger partial charge >= 0.3 is 0 Å². The van der Waals surface area contributed by atoms with Crippen LogP contribution in [0, 0.1) is 0 Å². The largest absolute Gasteiger partial charge is 0.303 e. The minimum atomic E-state index is -0.419. The van der Waals surface area contributed by atoms with E-state index in [0.29, 0.717) is 0 Å². The van der Waals surface area contributed by atoms with E-state index in [1.54, 1.807) is 5.48 Å². The maximum Gasteiger partial charge on any atom is 0.267 e. The molecule has 2 N–H and O–H groups in total. The fourth-order valence-electron chi connectivity index (χ4n) is 2.58. The van der Waals surface area contributed by atoms with Crippen molar-refractivity contribution in [1.82, 2.24) is 10.4 Å². The number of amides is 1. The molecule has 4 nitrogen and oxygen atoms in total. The van der Waals surface area contributed by atoms with Crippen molar-refractivity contribution in [2.45, 2.75) is 25.7 Å². The molecule has 1 saturated heterocycles. The molecule has 0 spiro atoms. The second kappa shape index (κ2) is 7.82. The van der Waals surface area contributed by atoms with Crippen LogP contribution in [0.2, 0.25) is 0 Å². The highest BCUT2D eigenvalue weighted by Gasteiger charge is 2.14. The Morgan fingerprint density at radius 2 is 1.95 bits per heavy atom. The number of nitrogens with zero attached hydrogens (tertiary/aromatic N) is 1. The lowest BCUT2D eigenvalue weighted by atomic mass is 10.0. The number of likely N-dealkylation sites (tertiary alicyclic amines) is 1. The number of hydrogen-bond acceptors (Lipinski definition) is 3. The first-order valence-corrected chi connectivity index (χ1v) is 7.18. The van der Waals surface area contributed by atoms with Crippen molar-refractivity contribution < 1.29 is 10.0 Å². The quantitative estimate of drug-likeness (QED) is 0.491. The van der Waals surface area contributed by atoms with Crippen LogP contribution in [0.25, 0.3) is 0 Å². The van der Waals surface area contributed by atoms with Crippen LogP contribution in [0.1, 0.15) is 24.8 Å². The second-order valence-corrected chi connectivity index (χ2v) is 5.21. The molecule has 2 rings (SSSR count). The SMILES string of the molecule is O=C(C=C1CCN(CCCc2ccccc2)CC1)NO. The van der Waals surface area contributed by atoms with Crippen LogP contribution in [0.15, 0.2) is 42.0 Å². The molecule has 1 aromatic rings. The number of hydroxylamine groups is 1. The summed E-state index contributed by atoms with van der Waals surface area (Å²) >= 11 is 0. The molecule has 0 bridgehead atoms. The standard InChI is InChI=1S/C16H22N2O2/c19-16(17-20)13-15-8-11-18(12-9-15)10-4-7-14-5-2-1-3-6-14/h1-3,5-6,13,20H,4,7-12H2,(H,17,19). The van der Waals surface area contributed by atoms with Gasteiger partial charge in [-0.05, 0) is 37.8 Å². The van der Waals surface area contributed by atoms with Gasteiger partial charge < -0.3 is 4.90 Å². The van der Waals surface area contributed by atoms with Crippen molar-refractivity contribution in [3.63, 3.8) is 0 Å². The van der Waals surface area contributed by atoms with Crippen LogP contribution in [-0.4, -0.2) is 35.6 Å². The summed E-state index contributed by atoms with van der Waals surface area (Å²) in [5.41, 5.74) is 4.16. The van der Waals surface area contributed by atoms with E-state index in [1.165, 1.54) is 18.1 Å². The number of hydrogen-bond donors (Lipinski definition) is 2. The van der Waals surface area contributed by atoms with Gasteiger partial charge in [0.15, 0.2) is 0 Å². The van der Waals surface area contributed by atoms with Gasteiger partial charge in [-0.3, -0.25) is 10.0 Å². The summed E-state index contributed by atoms with van der Waals surface area (Å²) in [5, 5.41) is 8.49. The van der Waals surface area contributed by atoms with E-state index in [4.69, 9.17) is 5.21 Å². The van der Waals surface area contributed by atoms with Crippen molar-refractivity contribution in [3.05, 3.63) is 47.5 Å². The predicted octanol–water partition coefficient (Wildman–Crippen LogP) is 2.15. The Morgan fingerprint density at radius 1 is 1.25 bits per heavy atom. The topological polar surface area (TPSA) is 52.6 Å². The summed E-state index contributed by atoms with van der Waals surface area (Å²) in [4.78, 5) is 13.5. The van der Waals surface area contributed by atoms with Crippen molar-refractivity contribution in [1.29, 1.82) is 0 Å². The molecule has 1 amide bonds. The molecule has 108 valence electrons. The highest BCUT2D eigenvalue weighted by Crippen LogP contribution is 2.16. The van der Waals surface area contributed by atoms with Gasteiger partial charge in [0.05, 0.1) is 0 Å². The first-order chi connectivity index (χ1) is 9.78. The zero-order valence-electron chi connectivity index (χ0n) is 11.7. The van der Waals surface area contributed by atoms with E-state index in [9.17, 15) is 4.79 Å². The smallest absolute Gasteiger partial charge is 0.267 e. The summed E-state index contributed by atoms with van der Waals surface area (Å²) in [6, 6.07) is 10.6. The Balaban J connectivity index is 1.67. The number of benzene rings is 1. The molecule has 0 atom stereocenters. The van der Waals surface area contributed by atoms with Crippen molar-refractivity contribution >= 4 is 5.91 Å². The highest BCUT2D eigenvalue weighted by atomic mass is 16.5. The normalized spacial score (nSPS) is 15.9. The van der Waals surface area contributed by atoms with Gasteiger partial charge in [0.25, 0.3) is 5.91 Å². The van der Waals surface area contributed by atoms with Gasteiger partial charge in [0, 0.05) is 19.2 Å². The van der Waals surface area contributed by atoms with Gasteiger partial charge in [0.2, 0.25) is 0 Å². The highest BCUT2D eigenvalue weighted by molar-refractivity contribution is 5.87. The summed E-state index contributed by atoms with van der Waals surface area (Å²) in [7, 11) is 0. The van der Waals surface area contributed by atoms with E-state index >= 15 is 0 Å². The predicted molar refractivity (Wildman–Crippen MR) is 78.4 cm³/mol. The average molecular weight is 274 g/mol. The zero-order valence-corrected chi connectivity index (χ0v) is 11.7.